The second kappa shape index (κ2) is 10.5. The molecule has 0 N–H and O–H groups in total. The van der Waals surface area contributed by atoms with Crippen molar-refractivity contribution in [2.24, 2.45) is 0 Å². The molecule has 1 saturated heterocycles. The van der Waals surface area contributed by atoms with Crippen LogP contribution in [0.3, 0.4) is 0 Å². The first-order valence-electron chi connectivity index (χ1n) is 12.2. The lowest BCUT2D eigenvalue weighted by Crippen LogP contribution is -2.21. The summed E-state index contributed by atoms with van der Waals surface area (Å²) in [5, 5.41) is 1.27. The maximum absolute atomic E-state index is 6.18. The Bertz CT molecular complexity index is 843. The molecule has 1 fully saturated rings. The van der Waals surface area contributed by atoms with Crippen LogP contribution in [-0.2, 0) is 19.3 Å². The highest BCUT2D eigenvalue weighted by Gasteiger charge is 2.21. The lowest BCUT2D eigenvalue weighted by molar-refractivity contribution is 0.254. The van der Waals surface area contributed by atoms with E-state index >= 15 is 0 Å². The number of aryl methyl sites for hydroxylation is 2. The Labute approximate surface area is 182 Å². The molecule has 0 atom stereocenters. The Morgan fingerprint density at radius 1 is 0.967 bits per heavy atom. The van der Waals surface area contributed by atoms with Crippen molar-refractivity contribution in [2.75, 3.05) is 33.4 Å². The first kappa shape index (κ1) is 21.4. The van der Waals surface area contributed by atoms with Crippen LogP contribution in [0.4, 0.5) is 0 Å². The van der Waals surface area contributed by atoms with E-state index in [0.29, 0.717) is 0 Å². The quantitative estimate of drug-likeness (QED) is 0.444. The Morgan fingerprint density at radius 2 is 1.83 bits per heavy atom. The summed E-state index contributed by atoms with van der Waals surface area (Å²) in [6, 6.07) is 4.31. The van der Waals surface area contributed by atoms with E-state index in [1.807, 2.05) is 0 Å². The molecule has 0 spiro atoms. The van der Waals surface area contributed by atoms with Crippen LogP contribution in [0.25, 0.3) is 10.9 Å². The third-order valence-electron chi connectivity index (χ3n) is 6.77. The standard InChI is InChI=1S/C26H38N2O2/c1-3-4-5-6-11-20-21-12-9-13-23(21)27-24-19-26(25(29-2)18-22(20)24)30-17-10-16-28-14-7-8-15-28/h18-19H,3-17H2,1-2H3. The fraction of sp³-hybridized carbons (Fsp3) is 0.654. The summed E-state index contributed by atoms with van der Waals surface area (Å²) in [6.07, 6.45) is 13.6. The van der Waals surface area contributed by atoms with Gasteiger partial charge >= 0.3 is 0 Å². The van der Waals surface area contributed by atoms with Crippen molar-refractivity contribution in [3.05, 3.63) is 29.0 Å². The molecule has 0 saturated carbocycles. The Hall–Kier alpha value is -1.81. The second-order valence-corrected chi connectivity index (χ2v) is 8.95. The molecule has 0 amide bonds. The molecule has 1 aromatic heterocycles. The molecule has 0 radical (unpaired) electrons. The minimum Gasteiger partial charge on any atom is -0.493 e. The SMILES string of the molecule is CCCCCCc1c2c(nc3cc(OCCCN4CCCC4)c(OC)cc13)CCC2. The molecular weight excluding hydrogens is 372 g/mol. The van der Waals surface area contributed by atoms with Crippen molar-refractivity contribution >= 4 is 10.9 Å². The number of likely N-dealkylation sites (tertiary alicyclic amines) is 1. The summed E-state index contributed by atoms with van der Waals surface area (Å²) in [5.74, 6) is 1.69. The third-order valence-corrected chi connectivity index (χ3v) is 6.77. The van der Waals surface area contributed by atoms with Crippen LogP contribution in [0.1, 0.15) is 75.1 Å². The van der Waals surface area contributed by atoms with Gasteiger partial charge < -0.3 is 14.4 Å². The summed E-state index contributed by atoms with van der Waals surface area (Å²) in [5.41, 5.74) is 5.43. The van der Waals surface area contributed by atoms with Crippen molar-refractivity contribution in [1.82, 2.24) is 9.88 Å². The van der Waals surface area contributed by atoms with Gasteiger partial charge in [-0.15, -0.1) is 0 Å². The van der Waals surface area contributed by atoms with E-state index in [2.05, 4.69) is 24.0 Å². The molecule has 2 heterocycles. The molecule has 164 valence electrons. The molecule has 2 aliphatic rings. The normalized spacial score (nSPS) is 16.3. The zero-order valence-electron chi connectivity index (χ0n) is 19.0. The Balaban J connectivity index is 1.53. The topological polar surface area (TPSA) is 34.6 Å². The lowest BCUT2D eigenvalue weighted by atomic mass is 9.95. The van der Waals surface area contributed by atoms with Gasteiger partial charge in [0, 0.05) is 23.7 Å². The van der Waals surface area contributed by atoms with Crippen molar-refractivity contribution in [2.45, 2.75) is 77.6 Å². The molecule has 4 heteroatoms. The van der Waals surface area contributed by atoms with Gasteiger partial charge in [0.15, 0.2) is 11.5 Å². The highest BCUT2D eigenvalue weighted by Crippen LogP contribution is 2.37. The molecule has 1 aliphatic heterocycles. The third kappa shape index (κ3) is 4.91. The van der Waals surface area contributed by atoms with Crippen molar-refractivity contribution in [1.29, 1.82) is 0 Å². The van der Waals surface area contributed by atoms with Gasteiger partial charge in [0.1, 0.15) is 0 Å². The van der Waals surface area contributed by atoms with Gasteiger partial charge in [-0.2, -0.15) is 0 Å². The number of ether oxygens (including phenoxy) is 2. The fourth-order valence-electron chi connectivity index (χ4n) is 5.13. The maximum Gasteiger partial charge on any atom is 0.163 e. The van der Waals surface area contributed by atoms with E-state index in [1.54, 1.807) is 7.11 Å². The minimum atomic E-state index is 0.729. The van der Waals surface area contributed by atoms with Crippen molar-refractivity contribution in [3.8, 4) is 11.5 Å². The first-order valence-corrected chi connectivity index (χ1v) is 12.2. The van der Waals surface area contributed by atoms with E-state index in [1.165, 1.54) is 86.7 Å². The molecule has 1 aliphatic carbocycles. The highest BCUT2D eigenvalue weighted by atomic mass is 16.5. The smallest absolute Gasteiger partial charge is 0.163 e. The van der Waals surface area contributed by atoms with Crippen molar-refractivity contribution < 1.29 is 9.47 Å². The lowest BCUT2D eigenvalue weighted by Gasteiger charge is -2.17. The van der Waals surface area contributed by atoms with Gasteiger partial charge in [0.25, 0.3) is 0 Å². The van der Waals surface area contributed by atoms with Crippen LogP contribution in [0.2, 0.25) is 0 Å². The van der Waals surface area contributed by atoms with E-state index in [4.69, 9.17) is 14.5 Å². The molecule has 0 unspecified atom stereocenters. The largest absolute Gasteiger partial charge is 0.493 e. The molecule has 30 heavy (non-hydrogen) atoms. The maximum atomic E-state index is 6.18. The average Bonchev–Trinajstić information content (AvgIpc) is 3.45. The summed E-state index contributed by atoms with van der Waals surface area (Å²) >= 11 is 0. The van der Waals surface area contributed by atoms with Crippen molar-refractivity contribution in [3.63, 3.8) is 0 Å². The molecular formula is C26H38N2O2. The molecule has 4 rings (SSSR count). The zero-order valence-corrected chi connectivity index (χ0v) is 19.0. The van der Waals surface area contributed by atoms with Crippen LogP contribution >= 0.6 is 0 Å². The Morgan fingerprint density at radius 3 is 2.63 bits per heavy atom. The number of unbranched alkanes of at least 4 members (excludes halogenated alkanes) is 3. The molecule has 2 aromatic rings. The van der Waals surface area contributed by atoms with Crippen LogP contribution < -0.4 is 9.47 Å². The fourth-order valence-corrected chi connectivity index (χ4v) is 5.13. The minimum absolute atomic E-state index is 0.729. The molecule has 4 nitrogen and oxygen atoms in total. The number of rotatable bonds is 11. The van der Waals surface area contributed by atoms with Crippen LogP contribution in [0, 0.1) is 0 Å². The highest BCUT2D eigenvalue weighted by molar-refractivity contribution is 5.87. The number of nitrogens with zero attached hydrogens (tertiary/aromatic N) is 2. The monoisotopic (exact) mass is 410 g/mol. The van der Waals surface area contributed by atoms with Crippen LogP contribution in [0.5, 0.6) is 11.5 Å². The summed E-state index contributed by atoms with van der Waals surface area (Å²) in [6.45, 7) is 6.62. The second-order valence-electron chi connectivity index (χ2n) is 8.95. The predicted molar refractivity (Wildman–Crippen MR) is 124 cm³/mol. The summed E-state index contributed by atoms with van der Waals surface area (Å²) in [7, 11) is 1.75. The van der Waals surface area contributed by atoms with E-state index in [-0.39, 0.29) is 0 Å². The van der Waals surface area contributed by atoms with Gasteiger partial charge in [0.05, 0.1) is 19.2 Å². The summed E-state index contributed by atoms with van der Waals surface area (Å²) in [4.78, 5) is 7.58. The average molecular weight is 411 g/mol. The van der Waals surface area contributed by atoms with E-state index in [9.17, 15) is 0 Å². The van der Waals surface area contributed by atoms with Gasteiger partial charge in [-0.25, -0.2) is 0 Å². The van der Waals surface area contributed by atoms with Gasteiger partial charge in [-0.3, -0.25) is 4.98 Å². The summed E-state index contributed by atoms with van der Waals surface area (Å²) < 4.78 is 11.9. The van der Waals surface area contributed by atoms with E-state index < -0.39 is 0 Å². The molecule has 1 aromatic carbocycles. The number of hydrogen-bond donors (Lipinski definition) is 0. The number of fused-ring (bicyclic) bond motifs is 2. The molecule has 0 bridgehead atoms. The number of pyridine rings is 1. The number of aromatic nitrogens is 1. The van der Waals surface area contributed by atoms with Gasteiger partial charge in [-0.05, 0) is 81.6 Å². The van der Waals surface area contributed by atoms with E-state index in [0.717, 1.165) is 49.4 Å². The van der Waals surface area contributed by atoms with Gasteiger partial charge in [0.2, 0.25) is 0 Å². The first-order chi connectivity index (χ1) is 14.8. The van der Waals surface area contributed by atoms with Crippen LogP contribution in [0.15, 0.2) is 12.1 Å². The number of benzene rings is 1. The zero-order chi connectivity index (χ0) is 20.8. The number of methoxy groups -OCH3 is 1. The Kier molecular flexibility index (Phi) is 7.48. The predicted octanol–water partition coefficient (Wildman–Crippen LogP) is 5.72. The van der Waals surface area contributed by atoms with Gasteiger partial charge in [-0.1, -0.05) is 26.2 Å². The number of hydrogen-bond acceptors (Lipinski definition) is 4. The van der Waals surface area contributed by atoms with Crippen LogP contribution in [-0.4, -0.2) is 43.2 Å².